The molecule has 22 heavy (non-hydrogen) atoms. The lowest BCUT2D eigenvalue weighted by Crippen LogP contribution is -2.42. The van der Waals surface area contributed by atoms with Crippen molar-refractivity contribution in [2.75, 3.05) is 5.32 Å². The van der Waals surface area contributed by atoms with Crippen LogP contribution in [0, 0.1) is 19.8 Å². The smallest absolute Gasteiger partial charge is 0.326 e. The molecule has 122 valence electrons. The summed E-state index contributed by atoms with van der Waals surface area (Å²) < 4.78 is 0. The summed E-state index contributed by atoms with van der Waals surface area (Å²) in [5.74, 6) is -1.67. The number of thiophene rings is 1. The van der Waals surface area contributed by atoms with Crippen molar-refractivity contribution in [3.05, 3.63) is 16.0 Å². The minimum absolute atomic E-state index is 0.140. The number of carbonyl (C=O) groups is 3. The molecule has 0 saturated carbocycles. The third-order valence-corrected chi connectivity index (χ3v) is 4.34. The molecule has 1 heterocycles. The van der Waals surface area contributed by atoms with E-state index in [-0.39, 0.29) is 11.8 Å². The molecule has 0 fully saturated rings. The summed E-state index contributed by atoms with van der Waals surface area (Å²) in [6.07, 6.45) is 0.346. The molecule has 0 saturated heterocycles. The van der Waals surface area contributed by atoms with Crippen LogP contribution in [0.15, 0.2) is 0 Å². The Kier molecular flexibility index (Phi) is 6.11. The van der Waals surface area contributed by atoms with Crippen molar-refractivity contribution in [1.29, 1.82) is 0 Å². The molecular weight excluding hydrogens is 304 g/mol. The fourth-order valence-corrected chi connectivity index (χ4v) is 3.18. The van der Waals surface area contributed by atoms with E-state index >= 15 is 0 Å². The van der Waals surface area contributed by atoms with Gasteiger partial charge in [0.25, 0.3) is 5.91 Å². The Hall–Kier alpha value is -1.89. The van der Waals surface area contributed by atoms with E-state index in [9.17, 15) is 19.5 Å². The molecule has 1 unspecified atom stereocenters. The molecule has 6 nitrogen and oxygen atoms in total. The zero-order chi connectivity index (χ0) is 17.0. The second-order valence-corrected chi connectivity index (χ2v) is 6.89. The van der Waals surface area contributed by atoms with E-state index in [1.807, 2.05) is 20.8 Å². The van der Waals surface area contributed by atoms with Gasteiger partial charge in [-0.15, -0.1) is 11.3 Å². The Labute approximate surface area is 133 Å². The highest BCUT2D eigenvalue weighted by molar-refractivity contribution is 7.16. The first-order valence-electron chi connectivity index (χ1n) is 7.04. The Morgan fingerprint density at radius 3 is 2.27 bits per heavy atom. The number of nitrogens with one attached hydrogen (secondary N) is 2. The number of hydrogen-bond acceptors (Lipinski definition) is 4. The van der Waals surface area contributed by atoms with Crippen LogP contribution in [0.4, 0.5) is 5.00 Å². The van der Waals surface area contributed by atoms with Gasteiger partial charge in [0.15, 0.2) is 0 Å². The van der Waals surface area contributed by atoms with Crippen LogP contribution in [0.3, 0.4) is 0 Å². The second kappa shape index (κ2) is 7.40. The van der Waals surface area contributed by atoms with E-state index in [4.69, 9.17) is 0 Å². The van der Waals surface area contributed by atoms with Gasteiger partial charge in [-0.05, 0) is 31.7 Å². The van der Waals surface area contributed by atoms with Gasteiger partial charge in [0.1, 0.15) is 11.0 Å². The number of anilines is 1. The fraction of sp³-hybridized carbons (Fsp3) is 0.533. The maximum Gasteiger partial charge on any atom is 0.326 e. The molecule has 1 atom stereocenters. The van der Waals surface area contributed by atoms with Crippen molar-refractivity contribution < 1.29 is 19.5 Å². The molecule has 0 spiro atoms. The summed E-state index contributed by atoms with van der Waals surface area (Å²) in [6.45, 7) is 8.79. The second-order valence-electron chi connectivity index (χ2n) is 5.66. The Morgan fingerprint density at radius 2 is 1.82 bits per heavy atom. The number of carboxylic acid groups (broad SMARTS) is 1. The summed E-state index contributed by atoms with van der Waals surface area (Å²) in [7, 11) is 0. The molecule has 0 radical (unpaired) electrons. The summed E-state index contributed by atoms with van der Waals surface area (Å²) >= 11 is 1.31. The molecule has 3 N–H and O–H groups in total. The van der Waals surface area contributed by atoms with Gasteiger partial charge in [-0.25, -0.2) is 4.79 Å². The lowest BCUT2D eigenvalue weighted by Gasteiger charge is -2.17. The zero-order valence-corrected chi connectivity index (χ0v) is 14.3. The molecule has 7 heteroatoms. The largest absolute Gasteiger partial charge is 0.480 e. The van der Waals surface area contributed by atoms with Crippen LogP contribution in [-0.4, -0.2) is 28.9 Å². The topological polar surface area (TPSA) is 95.5 Å². The van der Waals surface area contributed by atoms with Crippen molar-refractivity contribution in [1.82, 2.24) is 5.32 Å². The Balaban J connectivity index is 3.06. The Bertz CT molecular complexity index is 593. The number of hydrogen-bond donors (Lipinski definition) is 3. The van der Waals surface area contributed by atoms with Gasteiger partial charge in [-0.3, -0.25) is 9.59 Å². The number of amides is 2. The van der Waals surface area contributed by atoms with Crippen LogP contribution < -0.4 is 10.6 Å². The van der Waals surface area contributed by atoms with Crippen molar-refractivity contribution in [3.63, 3.8) is 0 Å². The van der Waals surface area contributed by atoms with Crippen molar-refractivity contribution in [3.8, 4) is 0 Å². The molecule has 0 aliphatic rings. The first-order valence-corrected chi connectivity index (χ1v) is 7.86. The van der Waals surface area contributed by atoms with Crippen molar-refractivity contribution in [2.45, 2.75) is 47.1 Å². The molecule has 2 amide bonds. The van der Waals surface area contributed by atoms with Gasteiger partial charge in [-0.1, -0.05) is 13.8 Å². The molecular formula is C15H22N2O4S. The summed E-state index contributed by atoms with van der Waals surface area (Å²) in [6, 6.07) is -0.947. The van der Waals surface area contributed by atoms with E-state index in [0.717, 1.165) is 10.4 Å². The minimum atomic E-state index is -1.06. The monoisotopic (exact) mass is 326 g/mol. The van der Waals surface area contributed by atoms with E-state index < -0.39 is 17.9 Å². The number of aliphatic carboxylic acids is 1. The van der Waals surface area contributed by atoms with E-state index in [0.29, 0.717) is 17.0 Å². The molecule has 1 rings (SSSR count). The number of rotatable bonds is 6. The SMILES string of the molecule is CC(=O)Nc1sc(C)c(C)c1C(=O)NC(CC(C)C)C(=O)O. The highest BCUT2D eigenvalue weighted by atomic mass is 32.1. The maximum absolute atomic E-state index is 12.5. The van der Waals surface area contributed by atoms with Crippen molar-refractivity contribution in [2.24, 2.45) is 5.92 Å². The standard InChI is InChI=1S/C15H22N2O4S/c1-7(2)6-11(15(20)21)17-13(19)12-8(3)9(4)22-14(12)16-10(5)18/h7,11H,6H2,1-5H3,(H,16,18)(H,17,19)(H,20,21). The number of carboxylic acids is 1. The first kappa shape index (κ1) is 18.2. The third-order valence-electron chi connectivity index (χ3n) is 3.21. The summed E-state index contributed by atoms with van der Waals surface area (Å²) in [5, 5.41) is 14.9. The van der Waals surface area contributed by atoms with Gasteiger partial charge in [0.05, 0.1) is 5.56 Å². The molecule has 1 aromatic rings. The van der Waals surface area contributed by atoms with Crippen LogP contribution in [0.1, 0.15) is 48.0 Å². The van der Waals surface area contributed by atoms with Crippen LogP contribution in [0.5, 0.6) is 0 Å². The first-order chi connectivity index (χ1) is 10.1. The van der Waals surface area contributed by atoms with Crippen LogP contribution in [0.25, 0.3) is 0 Å². The average Bonchev–Trinajstić information content (AvgIpc) is 2.62. The minimum Gasteiger partial charge on any atom is -0.480 e. The quantitative estimate of drug-likeness (QED) is 0.748. The predicted molar refractivity (Wildman–Crippen MR) is 86.4 cm³/mol. The Morgan fingerprint density at radius 1 is 1.23 bits per heavy atom. The normalized spacial score (nSPS) is 12.1. The fourth-order valence-electron chi connectivity index (χ4n) is 2.07. The molecule has 1 aromatic heterocycles. The highest BCUT2D eigenvalue weighted by Gasteiger charge is 2.26. The van der Waals surface area contributed by atoms with Gasteiger partial charge < -0.3 is 15.7 Å². The van der Waals surface area contributed by atoms with Gasteiger partial charge in [0, 0.05) is 11.8 Å². The van der Waals surface area contributed by atoms with Crippen LogP contribution in [-0.2, 0) is 9.59 Å². The van der Waals surface area contributed by atoms with E-state index in [2.05, 4.69) is 10.6 Å². The van der Waals surface area contributed by atoms with E-state index in [1.54, 1.807) is 6.92 Å². The van der Waals surface area contributed by atoms with Gasteiger partial charge >= 0.3 is 5.97 Å². The van der Waals surface area contributed by atoms with E-state index in [1.165, 1.54) is 18.3 Å². The van der Waals surface area contributed by atoms with Crippen LogP contribution in [0.2, 0.25) is 0 Å². The van der Waals surface area contributed by atoms with Crippen molar-refractivity contribution >= 4 is 34.1 Å². The molecule has 0 aliphatic carbocycles. The molecule has 0 aliphatic heterocycles. The lowest BCUT2D eigenvalue weighted by atomic mass is 10.0. The predicted octanol–water partition coefficient (Wildman–Crippen LogP) is 2.55. The van der Waals surface area contributed by atoms with Gasteiger partial charge in [-0.2, -0.15) is 0 Å². The summed E-state index contributed by atoms with van der Waals surface area (Å²) in [5.41, 5.74) is 1.09. The lowest BCUT2D eigenvalue weighted by molar-refractivity contribution is -0.139. The summed E-state index contributed by atoms with van der Waals surface area (Å²) in [4.78, 5) is 35.9. The zero-order valence-electron chi connectivity index (χ0n) is 13.4. The highest BCUT2D eigenvalue weighted by Crippen LogP contribution is 2.32. The molecule has 0 bridgehead atoms. The number of carbonyl (C=O) groups excluding carboxylic acids is 2. The number of aryl methyl sites for hydroxylation is 1. The van der Waals surface area contributed by atoms with Crippen LogP contribution >= 0.6 is 11.3 Å². The van der Waals surface area contributed by atoms with Gasteiger partial charge in [0.2, 0.25) is 5.91 Å². The molecule has 0 aromatic carbocycles. The maximum atomic E-state index is 12.5. The average molecular weight is 326 g/mol. The third kappa shape index (κ3) is 4.56.